The van der Waals surface area contributed by atoms with E-state index in [1.165, 1.54) is 4.68 Å². The summed E-state index contributed by atoms with van der Waals surface area (Å²) in [5, 5.41) is 9.63. The summed E-state index contributed by atoms with van der Waals surface area (Å²) in [5.74, 6) is -1.23. The molecule has 3 heterocycles. The third-order valence-electron chi connectivity index (χ3n) is 5.74. The van der Waals surface area contributed by atoms with Gasteiger partial charge in [-0.05, 0) is 44.2 Å². The lowest BCUT2D eigenvalue weighted by atomic mass is 10.1. The van der Waals surface area contributed by atoms with Crippen LogP contribution < -0.4 is 16.4 Å². The number of para-hydroxylation sites is 1. The Kier molecular flexibility index (Phi) is 6.29. The molecule has 0 radical (unpaired) electrons. The number of fused-ring (bicyclic) bond motifs is 1. The minimum atomic E-state index is -0.655. The van der Waals surface area contributed by atoms with E-state index in [1.54, 1.807) is 73.5 Å². The number of aromatic nitrogens is 5. The van der Waals surface area contributed by atoms with E-state index in [9.17, 15) is 14.4 Å². The minimum Gasteiger partial charge on any atom is -0.267 e. The zero-order valence-corrected chi connectivity index (χ0v) is 20.1. The number of pyridine rings is 1. The molecule has 5 rings (SSSR count). The fraction of sp³-hybridized carbons (Fsp3) is 0.111. The van der Waals surface area contributed by atoms with Gasteiger partial charge in [-0.1, -0.05) is 36.4 Å². The van der Waals surface area contributed by atoms with Gasteiger partial charge in [0.25, 0.3) is 17.4 Å². The largest absolute Gasteiger partial charge is 0.290 e. The van der Waals surface area contributed by atoms with Gasteiger partial charge in [-0.25, -0.2) is 9.36 Å². The second kappa shape index (κ2) is 9.86. The fourth-order valence-corrected chi connectivity index (χ4v) is 3.93. The molecule has 0 bridgehead atoms. The second-order valence-electron chi connectivity index (χ2n) is 8.56. The molecule has 0 atom stereocenters. The van der Waals surface area contributed by atoms with Gasteiger partial charge in [-0.15, -0.1) is 0 Å². The van der Waals surface area contributed by atoms with Crippen molar-refractivity contribution < 1.29 is 9.59 Å². The molecule has 3 aromatic heterocycles. The van der Waals surface area contributed by atoms with Crippen molar-refractivity contribution in [1.29, 1.82) is 0 Å². The molecule has 10 nitrogen and oxygen atoms in total. The first-order valence-corrected chi connectivity index (χ1v) is 11.6. The van der Waals surface area contributed by atoms with Crippen LogP contribution in [0.25, 0.3) is 27.7 Å². The van der Waals surface area contributed by atoms with E-state index in [0.29, 0.717) is 22.0 Å². The Hall–Kier alpha value is -5.12. The van der Waals surface area contributed by atoms with E-state index in [2.05, 4.69) is 26.0 Å². The molecule has 0 fully saturated rings. The summed E-state index contributed by atoms with van der Waals surface area (Å²) in [4.78, 5) is 43.3. The maximum absolute atomic E-state index is 13.2. The van der Waals surface area contributed by atoms with Crippen LogP contribution in [0.15, 0.2) is 90.1 Å². The lowest BCUT2D eigenvalue weighted by molar-refractivity contribution is 0.0843. The summed E-state index contributed by atoms with van der Waals surface area (Å²) in [6, 6.07) is 19.4. The van der Waals surface area contributed by atoms with Gasteiger partial charge in [0.2, 0.25) is 0 Å². The molecule has 0 unspecified atom stereocenters. The molecule has 0 aliphatic heterocycles. The van der Waals surface area contributed by atoms with Crippen LogP contribution in [0.2, 0.25) is 0 Å². The Balaban J connectivity index is 1.46. The highest BCUT2D eigenvalue weighted by atomic mass is 16.2. The number of amides is 2. The third-order valence-corrected chi connectivity index (χ3v) is 5.74. The highest BCUT2D eigenvalue weighted by molar-refractivity contribution is 6.06. The molecule has 0 spiro atoms. The average Bonchev–Trinajstić information content (AvgIpc) is 3.38. The van der Waals surface area contributed by atoms with Crippen LogP contribution in [0.4, 0.5) is 0 Å². The van der Waals surface area contributed by atoms with Crippen LogP contribution in [-0.2, 0) is 0 Å². The van der Waals surface area contributed by atoms with E-state index < -0.39 is 11.8 Å². The van der Waals surface area contributed by atoms with Crippen molar-refractivity contribution in [3.63, 3.8) is 0 Å². The topological polar surface area (TPSA) is 124 Å². The summed E-state index contributed by atoms with van der Waals surface area (Å²) >= 11 is 0. The van der Waals surface area contributed by atoms with Crippen LogP contribution in [0.5, 0.6) is 0 Å². The van der Waals surface area contributed by atoms with Crippen molar-refractivity contribution in [2.45, 2.75) is 19.9 Å². The Morgan fingerprint density at radius 3 is 2.24 bits per heavy atom. The first-order valence-electron chi connectivity index (χ1n) is 11.6. The van der Waals surface area contributed by atoms with Crippen molar-refractivity contribution in [1.82, 2.24) is 35.4 Å². The first kappa shape index (κ1) is 23.6. The number of carbonyl (C=O) groups is 2. The maximum atomic E-state index is 13.2. The molecule has 10 heteroatoms. The van der Waals surface area contributed by atoms with Crippen LogP contribution >= 0.6 is 0 Å². The predicted octanol–water partition coefficient (Wildman–Crippen LogP) is 3.30. The summed E-state index contributed by atoms with van der Waals surface area (Å²) in [5.41, 5.74) is 6.68. The lowest BCUT2D eigenvalue weighted by Crippen LogP contribution is -2.43. The van der Waals surface area contributed by atoms with Gasteiger partial charge < -0.3 is 0 Å². The van der Waals surface area contributed by atoms with E-state index in [-0.39, 0.29) is 22.9 Å². The van der Waals surface area contributed by atoms with Crippen LogP contribution in [0, 0.1) is 0 Å². The van der Waals surface area contributed by atoms with Crippen molar-refractivity contribution in [2.75, 3.05) is 0 Å². The molecule has 37 heavy (non-hydrogen) atoms. The molecular weight excluding hydrogens is 470 g/mol. The van der Waals surface area contributed by atoms with Crippen molar-refractivity contribution in [2.24, 2.45) is 0 Å². The number of nitrogens with one attached hydrogen (secondary N) is 2. The Morgan fingerprint density at radius 1 is 0.838 bits per heavy atom. The zero-order valence-electron chi connectivity index (χ0n) is 20.1. The van der Waals surface area contributed by atoms with Crippen LogP contribution in [-0.4, -0.2) is 36.4 Å². The number of rotatable bonds is 5. The highest BCUT2D eigenvalue weighted by Crippen LogP contribution is 2.23. The monoisotopic (exact) mass is 493 g/mol. The smallest absolute Gasteiger partial charge is 0.267 e. The zero-order chi connectivity index (χ0) is 25.9. The number of hydrogen-bond acceptors (Lipinski definition) is 6. The molecule has 2 aromatic carbocycles. The molecule has 2 N–H and O–H groups in total. The van der Waals surface area contributed by atoms with Gasteiger partial charge in [0, 0.05) is 29.5 Å². The molecule has 0 saturated heterocycles. The van der Waals surface area contributed by atoms with Gasteiger partial charge in [-0.2, -0.15) is 10.2 Å². The third kappa shape index (κ3) is 4.59. The molecular formula is C27H23N7O3. The highest BCUT2D eigenvalue weighted by Gasteiger charge is 2.22. The average molecular weight is 494 g/mol. The van der Waals surface area contributed by atoms with Crippen molar-refractivity contribution in [3.8, 4) is 16.9 Å². The number of benzene rings is 2. The molecule has 0 aliphatic carbocycles. The molecule has 2 amide bonds. The van der Waals surface area contributed by atoms with Crippen molar-refractivity contribution >= 4 is 22.6 Å². The molecule has 0 aliphatic rings. The molecule has 0 saturated carbocycles. The standard InChI is InChI=1S/C27H23N7O3/c1-17(2)34-27(37)21-13-7-6-12-20(21)24(32-34)26(36)30-29-25(35)22-16-33(19-10-4-3-5-11-19)31-23(22)18-9-8-14-28-15-18/h3-17H,1-2H3,(H,29,35)(H,30,36). The summed E-state index contributed by atoms with van der Waals surface area (Å²) in [6.07, 6.45) is 4.83. The normalized spacial score (nSPS) is 11.0. The number of hydrazine groups is 1. The minimum absolute atomic E-state index is 0.0247. The van der Waals surface area contributed by atoms with E-state index >= 15 is 0 Å². The quantitative estimate of drug-likeness (QED) is 0.362. The number of hydrogen-bond donors (Lipinski definition) is 2. The fourth-order valence-electron chi connectivity index (χ4n) is 3.93. The molecule has 5 aromatic rings. The molecule has 184 valence electrons. The first-order chi connectivity index (χ1) is 17.9. The van der Waals surface area contributed by atoms with Gasteiger partial charge in [0.15, 0.2) is 5.69 Å². The van der Waals surface area contributed by atoms with Gasteiger partial charge in [0.05, 0.1) is 22.7 Å². The van der Waals surface area contributed by atoms with Gasteiger partial charge in [-0.3, -0.25) is 30.2 Å². The van der Waals surface area contributed by atoms with Crippen LogP contribution in [0.3, 0.4) is 0 Å². The SMILES string of the molecule is CC(C)n1nc(C(=O)NNC(=O)c2cn(-c3ccccc3)nc2-c2cccnc2)c2ccccc2c1=O. The van der Waals surface area contributed by atoms with Gasteiger partial charge in [0.1, 0.15) is 5.69 Å². The summed E-state index contributed by atoms with van der Waals surface area (Å²) < 4.78 is 2.84. The number of carbonyl (C=O) groups excluding carboxylic acids is 2. The van der Waals surface area contributed by atoms with E-state index in [4.69, 9.17) is 0 Å². The Morgan fingerprint density at radius 2 is 1.54 bits per heavy atom. The van der Waals surface area contributed by atoms with Crippen molar-refractivity contribution in [3.05, 3.63) is 107 Å². The summed E-state index contributed by atoms with van der Waals surface area (Å²) in [7, 11) is 0. The Labute approximate surface area is 211 Å². The lowest BCUT2D eigenvalue weighted by Gasteiger charge is -2.13. The van der Waals surface area contributed by atoms with E-state index in [0.717, 1.165) is 5.69 Å². The predicted molar refractivity (Wildman–Crippen MR) is 138 cm³/mol. The Bertz CT molecular complexity index is 1660. The van der Waals surface area contributed by atoms with Gasteiger partial charge >= 0.3 is 0 Å². The van der Waals surface area contributed by atoms with E-state index in [1.807, 2.05) is 30.3 Å². The summed E-state index contributed by atoms with van der Waals surface area (Å²) in [6.45, 7) is 3.61. The van der Waals surface area contributed by atoms with Crippen LogP contribution in [0.1, 0.15) is 40.7 Å². The second-order valence-corrected chi connectivity index (χ2v) is 8.56. The number of nitrogens with zero attached hydrogens (tertiary/aromatic N) is 5. The maximum Gasteiger partial charge on any atom is 0.290 e.